The molecule has 0 aliphatic carbocycles. The molecular formula is C21H20FNO3. The molecule has 1 aromatic heterocycles. The Labute approximate surface area is 151 Å². The summed E-state index contributed by atoms with van der Waals surface area (Å²) < 4.78 is 23.8. The molecule has 0 aliphatic heterocycles. The third-order valence-electron chi connectivity index (χ3n) is 4.04. The van der Waals surface area contributed by atoms with Crippen LogP contribution in [0, 0.1) is 5.82 Å². The number of hydrogen-bond donors (Lipinski definition) is 1. The monoisotopic (exact) mass is 353 g/mol. The van der Waals surface area contributed by atoms with Crippen LogP contribution in [-0.2, 0) is 17.8 Å². The van der Waals surface area contributed by atoms with E-state index in [2.05, 4.69) is 5.32 Å². The Morgan fingerprint density at radius 3 is 2.46 bits per heavy atom. The molecule has 3 rings (SSSR count). The van der Waals surface area contributed by atoms with Crippen LogP contribution in [0.1, 0.15) is 17.7 Å². The molecule has 0 aliphatic rings. The van der Waals surface area contributed by atoms with Crippen molar-refractivity contribution in [2.45, 2.75) is 19.4 Å². The fraction of sp³-hybridized carbons (Fsp3) is 0.190. The number of carbonyl (C=O) groups is 1. The highest BCUT2D eigenvalue weighted by Gasteiger charge is 2.08. The molecule has 5 heteroatoms. The number of aryl methyl sites for hydroxylation is 1. The maximum Gasteiger partial charge on any atom is 0.220 e. The number of amides is 1. The highest BCUT2D eigenvalue weighted by Crippen LogP contribution is 2.24. The molecule has 134 valence electrons. The zero-order valence-electron chi connectivity index (χ0n) is 14.5. The lowest BCUT2D eigenvalue weighted by atomic mass is 10.2. The Balaban J connectivity index is 1.49. The van der Waals surface area contributed by atoms with Gasteiger partial charge >= 0.3 is 0 Å². The van der Waals surface area contributed by atoms with E-state index in [0.717, 1.165) is 28.4 Å². The highest BCUT2D eigenvalue weighted by atomic mass is 19.1. The van der Waals surface area contributed by atoms with Gasteiger partial charge in [0.15, 0.2) is 0 Å². The van der Waals surface area contributed by atoms with E-state index >= 15 is 0 Å². The van der Waals surface area contributed by atoms with Gasteiger partial charge in [-0.3, -0.25) is 4.79 Å². The van der Waals surface area contributed by atoms with Crippen molar-refractivity contribution < 1.29 is 18.3 Å². The lowest BCUT2D eigenvalue weighted by molar-refractivity contribution is -0.121. The van der Waals surface area contributed by atoms with Gasteiger partial charge in [-0.25, -0.2) is 4.39 Å². The first kappa shape index (κ1) is 17.7. The molecular weight excluding hydrogens is 333 g/mol. The molecule has 0 bridgehead atoms. The van der Waals surface area contributed by atoms with Gasteiger partial charge in [0.1, 0.15) is 23.1 Å². The molecule has 4 nitrogen and oxygen atoms in total. The van der Waals surface area contributed by atoms with Crippen LogP contribution in [-0.4, -0.2) is 13.0 Å². The van der Waals surface area contributed by atoms with Crippen LogP contribution in [0.3, 0.4) is 0 Å². The first-order valence-electron chi connectivity index (χ1n) is 8.38. The van der Waals surface area contributed by atoms with Crippen molar-refractivity contribution in [3.8, 4) is 17.1 Å². The molecule has 0 saturated carbocycles. The number of methoxy groups -OCH3 is 1. The van der Waals surface area contributed by atoms with Crippen LogP contribution in [0.4, 0.5) is 4.39 Å². The van der Waals surface area contributed by atoms with Gasteiger partial charge in [0.25, 0.3) is 0 Å². The van der Waals surface area contributed by atoms with Crippen LogP contribution >= 0.6 is 0 Å². The topological polar surface area (TPSA) is 51.5 Å². The molecule has 0 saturated heterocycles. The quantitative estimate of drug-likeness (QED) is 0.687. The predicted molar refractivity (Wildman–Crippen MR) is 97.3 cm³/mol. The van der Waals surface area contributed by atoms with Gasteiger partial charge in [-0.15, -0.1) is 0 Å². The molecule has 0 radical (unpaired) electrons. The van der Waals surface area contributed by atoms with E-state index in [9.17, 15) is 9.18 Å². The average Bonchev–Trinajstić information content (AvgIpc) is 3.15. The van der Waals surface area contributed by atoms with Crippen LogP contribution in [0.25, 0.3) is 11.3 Å². The molecule has 2 aromatic carbocycles. The fourth-order valence-corrected chi connectivity index (χ4v) is 2.55. The summed E-state index contributed by atoms with van der Waals surface area (Å²) in [4.78, 5) is 12.0. The van der Waals surface area contributed by atoms with E-state index in [1.165, 1.54) is 12.1 Å². The molecule has 3 aromatic rings. The summed E-state index contributed by atoms with van der Waals surface area (Å²) in [6, 6.07) is 17.5. The van der Waals surface area contributed by atoms with Crippen LogP contribution in [0.15, 0.2) is 65.1 Å². The molecule has 0 unspecified atom stereocenters. The molecule has 0 spiro atoms. The second-order valence-electron chi connectivity index (χ2n) is 5.90. The minimum Gasteiger partial charge on any atom is -0.497 e. The van der Waals surface area contributed by atoms with E-state index in [4.69, 9.17) is 9.15 Å². The Kier molecular flexibility index (Phi) is 5.69. The molecule has 1 heterocycles. The normalized spacial score (nSPS) is 10.5. The minimum atomic E-state index is -0.287. The number of ether oxygens (including phenoxy) is 1. The summed E-state index contributed by atoms with van der Waals surface area (Å²) in [5, 5.41) is 2.82. The van der Waals surface area contributed by atoms with Crippen molar-refractivity contribution in [1.29, 1.82) is 0 Å². The fourth-order valence-electron chi connectivity index (χ4n) is 2.55. The van der Waals surface area contributed by atoms with Crippen molar-refractivity contribution in [2.75, 3.05) is 7.11 Å². The van der Waals surface area contributed by atoms with Crippen LogP contribution in [0.5, 0.6) is 5.75 Å². The lowest BCUT2D eigenvalue weighted by Gasteiger charge is -2.05. The molecule has 1 amide bonds. The second kappa shape index (κ2) is 8.34. The third-order valence-corrected chi connectivity index (χ3v) is 4.04. The van der Waals surface area contributed by atoms with Crippen LogP contribution < -0.4 is 10.1 Å². The standard InChI is InChI=1S/C21H20FNO3/c1-25-18-8-4-16(5-9-18)20-12-10-19(26-20)11-13-21(24)23-14-15-2-6-17(22)7-3-15/h2-10,12H,11,13-14H2,1H3,(H,23,24). The minimum absolute atomic E-state index is 0.0725. The van der Waals surface area contributed by atoms with Gasteiger partial charge in [-0.2, -0.15) is 0 Å². The zero-order chi connectivity index (χ0) is 18.4. The first-order chi connectivity index (χ1) is 12.6. The summed E-state index contributed by atoms with van der Waals surface area (Å²) in [5.74, 6) is 1.95. The predicted octanol–water partition coefficient (Wildman–Crippen LogP) is 4.34. The Bertz CT molecular complexity index is 854. The number of furan rings is 1. The average molecular weight is 353 g/mol. The second-order valence-corrected chi connectivity index (χ2v) is 5.90. The molecule has 0 atom stereocenters. The Hall–Kier alpha value is -3.08. The summed E-state index contributed by atoms with van der Waals surface area (Å²) in [6.07, 6.45) is 0.849. The van der Waals surface area contributed by atoms with Gasteiger partial charge in [0.2, 0.25) is 5.91 Å². The van der Waals surface area contributed by atoms with Crippen molar-refractivity contribution in [3.05, 3.63) is 77.8 Å². The lowest BCUT2D eigenvalue weighted by Crippen LogP contribution is -2.22. The summed E-state index contributed by atoms with van der Waals surface area (Å²) in [6.45, 7) is 0.383. The van der Waals surface area contributed by atoms with E-state index in [1.54, 1.807) is 19.2 Å². The third kappa shape index (κ3) is 4.72. The number of halogens is 1. The van der Waals surface area contributed by atoms with E-state index in [1.807, 2.05) is 36.4 Å². The van der Waals surface area contributed by atoms with Gasteiger partial charge < -0.3 is 14.5 Å². The van der Waals surface area contributed by atoms with Gasteiger partial charge in [-0.1, -0.05) is 12.1 Å². The summed E-state index contributed by atoms with van der Waals surface area (Å²) in [7, 11) is 1.63. The Morgan fingerprint density at radius 2 is 1.77 bits per heavy atom. The number of nitrogens with one attached hydrogen (secondary N) is 1. The van der Waals surface area contributed by atoms with E-state index < -0.39 is 0 Å². The number of carbonyl (C=O) groups excluding carboxylic acids is 1. The molecule has 0 fully saturated rings. The van der Waals surface area contributed by atoms with Gasteiger partial charge in [-0.05, 0) is 54.1 Å². The largest absolute Gasteiger partial charge is 0.497 e. The van der Waals surface area contributed by atoms with Crippen molar-refractivity contribution >= 4 is 5.91 Å². The molecule has 26 heavy (non-hydrogen) atoms. The zero-order valence-corrected chi connectivity index (χ0v) is 14.5. The van der Waals surface area contributed by atoms with Crippen molar-refractivity contribution in [2.24, 2.45) is 0 Å². The first-order valence-corrected chi connectivity index (χ1v) is 8.38. The van der Waals surface area contributed by atoms with E-state index in [0.29, 0.717) is 19.4 Å². The van der Waals surface area contributed by atoms with E-state index in [-0.39, 0.29) is 11.7 Å². The Morgan fingerprint density at radius 1 is 1.04 bits per heavy atom. The molecule has 1 N–H and O–H groups in total. The highest BCUT2D eigenvalue weighted by molar-refractivity contribution is 5.76. The number of benzene rings is 2. The summed E-state index contributed by atoms with van der Waals surface area (Å²) in [5.41, 5.74) is 1.82. The number of hydrogen-bond acceptors (Lipinski definition) is 3. The number of rotatable bonds is 7. The van der Waals surface area contributed by atoms with Gasteiger partial charge in [0.05, 0.1) is 7.11 Å². The maximum absolute atomic E-state index is 12.9. The maximum atomic E-state index is 12.9. The SMILES string of the molecule is COc1ccc(-c2ccc(CCC(=O)NCc3ccc(F)cc3)o2)cc1. The van der Waals surface area contributed by atoms with Crippen LogP contribution in [0.2, 0.25) is 0 Å². The van der Waals surface area contributed by atoms with Gasteiger partial charge in [0, 0.05) is 24.9 Å². The summed E-state index contributed by atoms with van der Waals surface area (Å²) >= 11 is 0. The smallest absolute Gasteiger partial charge is 0.220 e. The van der Waals surface area contributed by atoms with Crippen molar-refractivity contribution in [1.82, 2.24) is 5.32 Å². The van der Waals surface area contributed by atoms with Crippen molar-refractivity contribution in [3.63, 3.8) is 0 Å².